The summed E-state index contributed by atoms with van der Waals surface area (Å²) in [7, 11) is 0. The summed E-state index contributed by atoms with van der Waals surface area (Å²) in [4.78, 5) is 5.02. The van der Waals surface area contributed by atoms with Crippen LogP contribution in [0.4, 0.5) is 0 Å². The summed E-state index contributed by atoms with van der Waals surface area (Å²) >= 11 is 0. The summed E-state index contributed by atoms with van der Waals surface area (Å²) in [5.74, 6) is 0. The molecule has 1 fully saturated rings. The maximum atomic E-state index is 5.64. The van der Waals surface area contributed by atoms with E-state index in [9.17, 15) is 0 Å². The Morgan fingerprint density at radius 3 is 2.35 bits per heavy atom. The molecule has 0 aromatic heterocycles. The van der Waals surface area contributed by atoms with Gasteiger partial charge in [0.15, 0.2) is 0 Å². The summed E-state index contributed by atoms with van der Waals surface area (Å²) in [5.41, 5.74) is 0. The van der Waals surface area contributed by atoms with Crippen LogP contribution in [0.15, 0.2) is 0 Å². The van der Waals surface area contributed by atoms with Crippen LogP contribution in [0.25, 0.3) is 0 Å². The highest BCUT2D eigenvalue weighted by molar-refractivity contribution is 4.70. The average molecular weight is 243 g/mol. The first-order valence-electron chi connectivity index (χ1n) is 7.10. The second kappa shape index (κ2) is 9.83. The highest BCUT2D eigenvalue weighted by Gasteiger charge is 2.14. The van der Waals surface area contributed by atoms with Gasteiger partial charge in [-0.05, 0) is 26.1 Å². The Morgan fingerprint density at radius 2 is 1.71 bits per heavy atom. The molecule has 4 nitrogen and oxygen atoms in total. The third kappa shape index (κ3) is 6.99. The zero-order valence-electron chi connectivity index (χ0n) is 11.6. The van der Waals surface area contributed by atoms with Crippen molar-refractivity contribution in [3.05, 3.63) is 0 Å². The van der Waals surface area contributed by atoms with E-state index in [1.165, 1.54) is 32.7 Å². The lowest BCUT2D eigenvalue weighted by molar-refractivity contribution is 0.0761. The van der Waals surface area contributed by atoms with Crippen molar-refractivity contribution in [1.82, 2.24) is 15.1 Å². The molecule has 0 aromatic carbocycles. The number of piperazine rings is 1. The van der Waals surface area contributed by atoms with Crippen molar-refractivity contribution in [2.75, 3.05) is 65.6 Å². The maximum absolute atomic E-state index is 5.64. The first-order valence-corrected chi connectivity index (χ1v) is 7.10. The fourth-order valence-electron chi connectivity index (χ4n) is 2.10. The molecular weight excluding hydrogens is 214 g/mol. The van der Waals surface area contributed by atoms with Crippen LogP contribution in [0.5, 0.6) is 0 Å². The molecule has 1 rings (SSSR count). The largest absolute Gasteiger partial charge is 0.380 e. The van der Waals surface area contributed by atoms with E-state index >= 15 is 0 Å². The van der Waals surface area contributed by atoms with Crippen LogP contribution in [0.1, 0.15) is 20.3 Å². The molecule has 1 N–H and O–H groups in total. The van der Waals surface area contributed by atoms with Crippen molar-refractivity contribution in [3.8, 4) is 0 Å². The van der Waals surface area contributed by atoms with Crippen LogP contribution in [0.2, 0.25) is 0 Å². The predicted molar refractivity (Wildman–Crippen MR) is 72.5 cm³/mol. The second-order valence-corrected chi connectivity index (χ2v) is 4.60. The highest BCUT2D eigenvalue weighted by atomic mass is 16.5. The van der Waals surface area contributed by atoms with Gasteiger partial charge in [-0.3, -0.25) is 4.90 Å². The fourth-order valence-corrected chi connectivity index (χ4v) is 2.10. The summed E-state index contributed by atoms with van der Waals surface area (Å²) < 4.78 is 5.64. The summed E-state index contributed by atoms with van der Waals surface area (Å²) in [5, 5.41) is 3.30. The van der Waals surface area contributed by atoms with E-state index in [1.54, 1.807) is 0 Å². The lowest BCUT2D eigenvalue weighted by Crippen LogP contribution is -2.47. The van der Waals surface area contributed by atoms with Gasteiger partial charge in [-0.25, -0.2) is 0 Å². The van der Waals surface area contributed by atoms with Gasteiger partial charge in [0.05, 0.1) is 6.61 Å². The van der Waals surface area contributed by atoms with Crippen molar-refractivity contribution in [2.45, 2.75) is 20.3 Å². The Labute approximate surface area is 106 Å². The minimum atomic E-state index is 0.887. The van der Waals surface area contributed by atoms with E-state index in [1.807, 2.05) is 0 Å². The molecule has 0 unspecified atom stereocenters. The van der Waals surface area contributed by atoms with E-state index in [4.69, 9.17) is 4.74 Å². The monoisotopic (exact) mass is 243 g/mol. The van der Waals surface area contributed by atoms with Crippen molar-refractivity contribution in [1.29, 1.82) is 0 Å². The number of ether oxygens (including phenoxy) is 1. The summed E-state index contributed by atoms with van der Waals surface area (Å²) in [6.45, 7) is 15.4. The summed E-state index contributed by atoms with van der Waals surface area (Å²) in [6, 6.07) is 0. The molecule has 1 aliphatic rings. The van der Waals surface area contributed by atoms with Crippen molar-refractivity contribution >= 4 is 0 Å². The van der Waals surface area contributed by atoms with E-state index in [0.717, 1.165) is 39.3 Å². The first kappa shape index (κ1) is 14.9. The standard InChI is InChI=1S/C13H29N3O/c1-3-14-6-5-12-17-13-11-16-9-7-15(4-2)8-10-16/h14H,3-13H2,1-2H3. The molecule has 0 spiro atoms. The summed E-state index contributed by atoms with van der Waals surface area (Å²) in [6.07, 6.45) is 1.12. The van der Waals surface area contributed by atoms with Crippen molar-refractivity contribution in [2.24, 2.45) is 0 Å². The Hall–Kier alpha value is -0.160. The molecule has 0 aliphatic carbocycles. The maximum Gasteiger partial charge on any atom is 0.0593 e. The van der Waals surface area contributed by atoms with Crippen LogP contribution in [-0.4, -0.2) is 75.4 Å². The molecule has 17 heavy (non-hydrogen) atoms. The van der Waals surface area contributed by atoms with E-state index in [0.29, 0.717) is 0 Å². The number of hydrogen-bond acceptors (Lipinski definition) is 4. The normalized spacial score (nSPS) is 18.7. The Balaban J connectivity index is 1.87. The van der Waals surface area contributed by atoms with Crippen LogP contribution < -0.4 is 5.32 Å². The van der Waals surface area contributed by atoms with Crippen LogP contribution >= 0.6 is 0 Å². The lowest BCUT2D eigenvalue weighted by Gasteiger charge is -2.33. The number of hydrogen-bond donors (Lipinski definition) is 1. The molecule has 4 heteroatoms. The van der Waals surface area contributed by atoms with Crippen LogP contribution in [-0.2, 0) is 4.74 Å². The van der Waals surface area contributed by atoms with Gasteiger partial charge in [0.25, 0.3) is 0 Å². The topological polar surface area (TPSA) is 27.7 Å². The van der Waals surface area contributed by atoms with Gasteiger partial charge in [-0.1, -0.05) is 13.8 Å². The van der Waals surface area contributed by atoms with Crippen molar-refractivity contribution < 1.29 is 4.74 Å². The molecule has 0 radical (unpaired) electrons. The van der Waals surface area contributed by atoms with Gasteiger partial charge < -0.3 is 15.0 Å². The van der Waals surface area contributed by atoms with Gasteiger partial charge in [0.2, 0.25) is 0 Å². The molecule has 0 saturated carbocycles. The van der Waals surface area contributed by atoms with E-state index in [-0.39, 0.29) is 0 Å². The predicted octanol–water partition coefficient (Wildman–Crippen LogP) is 0.640. The molecule has 102 valence electrons. The third-order valence-electron chi connectivity index (χ3n) is 3.36. The van der Waals surface area contributed by atoms with Gasteiger partial charge in [0.1, 0.15) is 0 Å². The molecular formula is C13H29N3O. The lowest BCUT2D eigenvalue weighted by atomic mass is 10.3. The minimum absolute atomic E-state index is 0.887. The molecule has 1 aliphatic heterocycles. The van der Waals surface area contributed by atoms with Gasteiger partial charge in [-0.2, -0.15) is 0 Å². The Morgan fingerprint density at radius 1 is 1.00 bits per heavy atom. The quantitative estimate of drug-likeness (QED) is 0.602. The third-order valence-corrected chi connectivity index (χ3v) is 3.36. The first-order chi connectivity index (χ1) is 8.36. The molecule has 0 aromatic rings. The molecule has 1 saturated heterocycles. The van der Waals surface area contributed by atoms with E-state index < -0.39 is 0 Å². The smallest absolute Gasteiger partial charge is 0.0593 e. The Kier molecular flexibility index (Phi) is 8.61. The Bertz CT molecular complexity index is 170. The second-order valence-electron chi connectivity index (χ2n) is 4.60. The number of nitrogens with one attached hydrogen (secondary N) is 1. The van der Waals surface area contributed by atoms with Gasteiger partial charge in [0, 0.05) is 39.3 Å². The van der Waals surface area contributed by atoms with Crippen molar-refractivity contribution in [3.63, 3.8) is 0 Å². The van der Waals surface area contributed by atoms with Crippen LogP contribution in [0, 0.1) is 0 Å². The zero-order chi connectivity index (χ0) is 12.3. The van der Waals surface area contributed by atoms with Crippen LogP contribution in [0.3, 0.4) is 0 Å². The minimum Gasteiger partial charge on any atom is -0.380 e. The number of likely N-dealkylation sites (N-methyl/N-ethyl adjacent to an activating group) is 1. The number of rotatable bonds is 9. The SMILES string of the molecule is CCNCCCOCCN1CCN(CC)CC1. The fraction of sp³-hybridized carbons (Fsp3) is 1.00. The van der Waals surface area contributed by atoms with E-state index in [2.05, 4.69) is 29.0 Å². The molecule has 1 heterocycles. The molecule has 0 bridgehead atoms. The number of nitrogens with zero attached hydrogens (tertiary/aromatic N) is 2. The van der Waals surface area contributed by atoms with Gasteiger partial charge >= 0.3 is 0 Å². The highest BCUT2D eigenvalue weighted by Crippen LogP contribution is 2.00. The zero-order valence-corrected chi connectivity index (χ0v) is 11.6. The van der Waals surface area contributed by atoms with Gasteiger partial charge in [-0.15, -0.1) is 0 Å². The molecule has 0 amide bonds. The average Bonchev–Trinajstić information content (AvgIpc) is 2.38. The molecule has 0 atom stereocenters.